The smallest absolute Gasteiger partial charge is 0.306 e. The second kappa shape index (κ2) is 7.54. The molecule has 4 heteroatoms. The number of aliphatic carboxylic acids is 1. The molecule has 0 spiro atoms. The summed E-state index contributed by atoms with van der Waals surface area (Å²) in [4.78, 5) is 12.9. The van der Waals surface area contributed by atoms with E-state index in [-0.39, 0.29) is 5.92 Å². The van der Waals surface area contributed by atoms with Gasteiger partial charge in [-0.05, 0) is 44.1 Å². The Morgan fingerprint density at radius 3 is 2.78 bits per heavy atom. The number of carbonyl (C=O) groups is 1. The van der Waals surface area contributed by atoms with E-state index in [2.05, 4.69) is 33.0 Å². The summed E-state index contributed by atoms with van der Waals surface area (Å²) in [7, 11) is 2.03. The van der Waals surface area contributed by atoms with Gasteiger partial charge in [0.1, 0.15) is 0 Å². The molecule has 1 aromatic rings. The number of hydrogen-bond donors (Lipinski definition) is 1. The van der Waals surface area contributed by atoms with Crippen LogP contribution in [0.1, 0.15) is 18.9 Å². The van der Waals surface area contributed by atoms with Crippen LogP contribution in [0.4, 0.5) is 0 Å². The molecule has 100 valence electrons. The minimum atomic E-state index is -0.713. The predicted octanol–water partition coefficient (Wildman–Crippen LogP) is 3.03. The average molecular weight is 314 g/mol. The van der Waals surface area contributed by atoms with E-state index in [0.29, 0.717) is 6.42 Å². The summed E-state index contributed by atoms with van der Waals surface area (Å²) in [5, 5.41) is 8.81. The molecule has 0 heterocycles. The second-order valence-electron chi connectivity index (χ2n) is 4.71. The van der Waals surface area contributed by atoms with Crippen molar-refractivity contribution in [2.45, 2.75) is 19.8 Å². The Labute approximate surface area is 117 Å². The van der Waals surface area contributed by atoms with Crippen molar-refractivity contribution in [3.05, 3.63) is 34.3 Å². The molecule has 1 N–H and O–H groups in total. The van der Waals surface area contributed by atoms with E-state index < -0.39 is 5.97 Å². The lowest BCUT2D eigenvalue weighted by Crippen LogP contribution is -2.25. The molecule has 1 rings (SSSR count). The normalized spacial score (nSPS) is 12.7. The molecule has 1 atom stereocenters. The molecule has 0 bridgehead atoms. The lowest BCUT2D eigenvalue weighted by atomic mass is 10.1. The van der Waals surface area contributed by atoms with E-state index in [4.69, 9.17) is 5.11 Å². The van der Waals surface area contributed by atoms with E-state index in [9.17, 15) is 4.79 Å². The fourth-order valence-corrected chi connectivity index (χ4v) is 2.11. The third kappa shape index (κ3) is 5.65. The zero-order chi connectivity index (χ0) is 13.5. The molecule has 0 aliphatic heterocycles. The van der Waals surface area contributed by atoms with Gasteiger partial charge in [0, 0.05) is 11.0 Å². The maximum absolute atomic E-state index is 10.7. The van der Waals surface area contributed by atoms with Gasteiger partial charge < -0.3 is 10.0 Å². The molecule has 1 aromatic carbocycles. The lowest BCUT2D eigenvalue weighted by Gasteiger charge is -2.17. The maximum Gasteiger partial charge on any atom is 0.306 e. The number of nitrogens with zero attached hydrogens (tertiary/aromatic N) is 1. The van der Waals surface area contributed by atoms with Crippen molar-refractivity contribution in [3.63, 3.8) is 0 Å². The summed E-state index contributed by atoms with van der Waals surface area (Å²) >= 11 is 3.46. The van der Waals surface area contributed by atoms with Gasteiger partial charge in [0.2, 0.25) is 0 Å². The van der Waals surface area contributed by atoms with Crippen LogP contribution in [0, 0.1) is 5.92 Å². The Morgan fingerprint density at radius 1 is 1.44 bits per heavy atom. The molecule has 0 radical (unpaired) electrons. The third-order valence-corrected chi connectivity index (χ3v) is 3.53. The van der Waals surface area contributed by atoms with E-state index in [1.165, 1.54) is 5.56 Å². The highest BCUT2D eigenvalue weighted by Crippen LogP contribution is 2.12. The minimum absolute atomic E-state index is 0.265. The van der Waals surface area contributed by atoms with Crippen molar-refractivity contribution < 1.29 is 9.90 Å². The highest BCUT2D eigenvalue weighted by molar-refractivity contribution is 9.10. The van der Waals surface area contributed by atoms with Crippen LogP contribution in [0.15, 0.2) is 28.7 Å². The SMILES string of the molecule is CC(CCN(C)CCc1cccc(Br)c1)C(=O)O. The molecule has 0 aliphatic carbocycles. The quantitative estimate of drug-likeness (QED) is 0.841. The average Bonchev–Trinajstić information content (AvgIpc) is 2.33. The third-order valence-electron chi connectivity index (χ3n) is 3.04. The summed E-state index contributed by atoms with van der Waals surface area (Å²) in [5.41, 5.74) is 1.29. The van der Waals surface area contributed by atoms with Crippen LogP contribution in [0.5, 0.6) is 0 Å². The summed E-state index contributed by atoms with van der Waals surface area (Å²) < 4.78 is 1.10. The van der Waals surface area contributed by atoms with Crippen molar-refractivity contribution in [3.8, 4) is 0 Å². The monoisotopic (exact) mass is 313 g/mol. The second-order valence-corrected chi connectivity index (χ2v) is 5.63. The Kier molecular flexibility index (Phi) is 6.36. The Bertz CT molecular complexity index is 395. The van der Waals surface area contributed by atoms with Gasteiger partial charge in [0.25, 0.3) is 0 Å². The first kappa shape index (κ1) is 15.2. The Morgan fingerprint density at radius 2 is 2.17 bits per heavy atom. The van der Waals surface area contributed by atoms with Crippen LogP contribution in [0.25, 0.3) is 0 Å². The summed E-state index contributed by atoms with van der Waals surface area (Å²) in [6.07, 6.45) is 1.68. The molecular formula is C14H20BrNO2. The molecule has 1 unspecified atom stereocenters. The molecule has 0 fully saturated rings. The first-order valence-electron chi connectivity index (χ1n) is 6.15. The van der Waals surface area contributed by atoms with Crippen molar-refractivity contribution in [2.75, 3.05) is 20.1 Å². The highest BCUT2D eigenvalue weighted by atomic mass is 79.9. The van der Waals surface area contributed by atoms with Gasteiger partial charge in [-0.15, -0.1) is 0 Å². The van der Waals surface area contributed by atoms with E-state index >= 15 is 0 Å². The van der Waals surface area contributed by atoms with Crippen LogP contribution >= 0.6 is 15.9 Å². The van der Waals surface area contributed by atoms with E-state index in [1.807, 2.05) is 19.2 Å². The predicted molar refractivity (Wildman–Crippen MR) is 76.8 cm³/mol. The van der Waals surface area contributed by atoms with E-state index in [0.717, 1.165) is 24.0 Å². The Hall–Kier alpha value is -0.870. The van der Waals surface area contributed by atoms with Gasteiger partial charge in [-0.25, -0.2) is 0 Å². The van der Waals surface area contributed by atoms with Crippen LogP contribution in [-0.2, 0) is 11.2 Å². The summed E-state index contributed by atoms with van der Waals surface area (Å²) in [6.45, 7) is 3.52. The van der Waals surface area contributed by atoms with Crippen LogP contribution in [0.3, 0.4) is 0 Å². The van der Waals surface area contributed by atoms with Gasteiger partial charge in [-0.1, -0.05) is 35.0 Å². The number of carboxylic acid groups (broad SMARTS) is 1. The molecule has 0 saturated heterocycles. The number of likely N-dealkylation sites (N-methyl/N-ethyl adjacent to an activating group) is 1. The molecular weight excluding hydrogens is 294 g/mol. The molecule has 18 heavy (non-hydrogen) atoms. The Balaban J connectivity index is 2.29. The van der Waals surface area contributed by atoms with Crippen molar-refractivity contribution in [2.24, 2.45) is 5.92 Å². The molecule has 3 nitrogen and oxygen atoms in total. The standard InChI is InChI=1S/C14H20BrNO2/c1-11(14(17)18)6-8-16(2)9-7-12-4-3-5-13(15)10-12/h3-5,10-11H,6-9H2,1-2H3,(H,17,18). The van der Waals surface area contributed by atoms with Crippen LogP contribution < -0.4 is 0 Å². The molecule has 0 saturated carbocycles. The number of carboxylic acids is 1. The fraction of sp³-hybridized carbons (Fsp3) is 0.500. The zero-order valence-electron chi connectivity index (χ0n) is 10.9. The van der Waals surface area contributed by atoms with Crippen molar-refractivity contribution in [1.29, 1.82) is 0 Å². The first-order chi connectivity index (χ1) is 8.49. The summed E-state index contributed by atoms with van der Waals surface area (Å²) in [5.74, 6) is -0.978. The summed E-state index contributed by atoms with van der Waals surface area (Å²) in [6, 6.07) is 8.28. The maximum atomic E-state index is 10.7. The largest absolute Gasteiger partial charge is 0.481 e. The van der Waals surface area contributed by atoms with Gasteiger partial charge in [0.15, 0.2) is 0 Å². The van der Waals surface area contributed by atoms with Crippen molar-refractivity contribution in [1.82, 2.24) is 4.90 Å². The first-order valence-corrected chi connectivity index (χ1v) is 6.94. The number of hydrogen-bond acceptors (Lipinski definition) is 2. The van der Waals surface area contributed by atoms with Gasteiger partial charge in [0.05, 0.1) is 5.92 Å². The number of halogens is 1. The van der Waals surface area contributed by atoms with Crippen LogP contribution in [-0.4, -0.2) is 36.1 Å². The van der Waals surface area contributed by atoms with Gasteiger partial charge in [-0.3, -0.25) is 4.79 Å². The molecule has 0 aliphatic rings. The van der Waals surface area contributed by atoms with E-state index in [1.54, 1.807) is 6.92 Å². The highest BCUT2D eigenvalue weighted by Gasteiger charge is 2.11. The topological polar surface area (TPSA) is 40.5 Å². The van der Waals surface area contributed by atoms with Crippen LogP contribution in [0.2, 0.25) is 0 Å². The van der Waals surface area contributed by atoms with Crippen molar-refractivity contribution >= 4 is 21.9 Å². The molecule has 0 amide bonds. The number of rotatable bonds is 7. The minimum Gasteiger partial charge on any atom is -0.481 e. The molecule has 0 aromatic heterocycles. The number of benzene rings is 1. The van der Waals surface area contributed by atoms with Gasteiger partial charge in [-0.2, -0.15) is 0 Å². The zero-order valence-corrected chi connectivity index (χ0v) is 12.5. The lowest BCUT2D eigenvalue weighted by molar-refractivity contribution is -0.141. The van der Waals surface area contributed by atoms with Gasteiger partial charge >= 0.3 is 5.97 Å². The fourth-order valence-electron chi connectivity index (χ4n) is 1.66.